The van der Waals surface area contributed by atoms with Crippen molar-refractivity contribution in [3.63, 3.8) is 0 Å². The lowest BCUT2D eigenvalue weighted by Crippen LogP contribution is -2.37. The van der Waals surface area contributed by atoms with Crippen molar-refractivity contribution in [2.24, 2.45) is 10.8 Å². The minimum absolute atomic E-state index is 0.000315. The van der Waals surface area contributed by atoms with E-state index in [4.69, 9.17) is 21.1 Å². The van der Waals surface area contributed by atoms with Gasteiger partial charge in [-0.1, -0.05) is 63.1 Å². The standard InChI is InChI=1S/C32H34ClNO5/c1-18-6-9-20(10-7-18)34-27(37)17-38-24-11-8-19(12-21(24)33)28-29-22(35)13-31(2,3)15-25(29)39-26-16-32(4,5)14-23(36)30(26)28/h6-12,28H,13-17H2,1-5H3,(H,34,37). The summed E-state index contributed by atoms with van der Waals surface area (Å²) in [5, 5.41) is 3.10. The Balaban J connectivity index is 1.43. The van der Waals surface area contributed by atoms with E-state index in [1.54, 1.807) is 12.1 Å². The van der Waals surface area contributed by atoms with Gasteiger partial charge >= 0.3 is 0 Å². The first kappa shape index (κ1) is 27.2. The zero-order valence-corrected chi connectivity index (χ0v) is 23.8. The number of allylic oxidation sites excluding steroid dienone is 4. The number of anilines is 1. The van der Waals surface area contributed by atoms with Crippen LogP contribution in [0.1, 0.15) is 70.4 Å². The van der Waals surface area contributed by atoms with Gasteiger partial charge in [-0.25, -0.2) is 0 Å². The molecule has 204 valence electrons. The maximum absolute atomic E-state index is 13.5. The van der Waals surface area contributed by atoms with E-state index >= 15 is 0 Å². The molecule has 0 bridgehead atoms. The Morgan fingerprint density at radius 1 is 0.923 bits per heavy atom. The summed E-state index contributed by atoms with van der Waals surface area (Å²) < 4.78 is 12.1. The molecule has 6 nitrogen and oxygen atoms in total. The molecule has 2 aromatic rings. The van der Waals surface area contributed by atoms with E-state index < -0.39 is 5.92 Å². The monoisotopic (exact) mass is 547 g/mol. The molecule has 0 spiro atoms. The minimum Gasteiger partial charge on any atom is -0.482 e. The molecule has 0 radical (unpaired) electrons. The van der Waals surface area contributed by atoms with E-state index in [2.05, 4.69) is 33.0 Å². The van der Waals surface area contributed by atoms with Crippen molar-refractivity contribution in [1.29, 1.82) is 0 Å². The van der Waals surface area contributed by atoms with Gasteiger partial charge in [0.1, 0.15) is 17.3 Å². The molecule has 0 fully saturated rings. The summed E-state index contributed by atoms with van der Waals surface area (Å²) >= 11 is 6.63. The number of carbonyl (C=O) groups excluding carboxylic acids is 3. The Hall–Kier alpha value is -3.38. The average molecular weight is 548 g/mol. The molecule has 7 heteroatoms. The number of Topliss-reactive ketones (excluding diaryl/α,β-unsaturated/α-hetero) is 2. The normalized spacial score (nSPS) is 20.3. The molecule has 0 saturated heterocycles. The van der Waals surface area contributed by atoms with Crippen molar-refractivity contribution in [2.75, 3.05) is 11.9 Å². The van der Waals surface area contributed by atoms with Crippen LogP contribution in [0, 0.1) is 17.8 Å². The summed E-state index contributed by atoms with van der Waals surface area (Å²) in [6.45, 7) is 10.0. The first-order chi connectivity index (χ1) is 18.3. The second kappa shape index (κ2) is 9.98. The van der Waals surface area contributed by atoms with E-state index in [0.29, 0.717) is 64.8 Å². The Morgan fingerprint density at radius 2 is 1.49 bits per heavy atom. The third-order valence-electron chi connectivity index (χ3n) is 7.57. The second-order valence-electron chi connectivity index (χ2n) is 12.5. The number of hydrogen-bond donors (Lipinski definition) is 1. The number of ether oxygens (including phenoxy) is 2. The van der Waals surface area contributed by atoms with E-state index in [1.165, 1.54) is 0 Å². The van der Waals surface area contributed by atoms with Crippen LogP contribution < -0.4 is 10.1 Å². The molecule has 39 heavy (non-hydrogen) atoms. The van der Waals surface area contributed by atoms with Gasteiger partial charge in [0.15, 0.2) is 18.2 Å². The third-order valence-corrected chi connectivity index (χ3v) is 7.86. The van der Waals surface area contributed by atoms with Gasteiger partial charge in [-0.05, 0) is 47.6 Å². The van der Waals surface area contributed by atoms with Gasteiger partial charge in [0.05, 0.1) is 5.02 Å². The highest BCUT2D eigenvalue weighted by molar-refractivity contribution is 6.32. The van der Waals surface area contributed by atoms with Crippen LogP contribution in [-0.2, 0) is 19.1 Å². The Bertz CT molecular complexity index is 1380. The fourth-order valence-electron chi connectivity index (χ4n) is 5.80. The maximum Gasteiger partial charge on any atom is 0.262 e. The molecule has 1 N–H and O–H groups in total. The Labute approximate surface area is 234 Å². The van der Waals surface area contributed by atoms with Crippen molar-refractivity contribution < 1.29 is 23.9 Å². The number of nitrogens with one attached hydrogen (secondary N) is 1. The van der Waals surface area contributed by atoms with Crippen LogP contribution in [0.25, 0.3) is 0 Å². The summed E-state index contributed by atoms with van der Waals surface area (Å²) in [6.07, 6.45) is 2.03. The Morgan fingerprint density at radius 3 is 2.03 bits per heavy atom. The molecule has 1 amide bonds. The molecule has 1 heterocycles. The van der Waals surface area contributed by atoms with E-state index in [0.717, 1.165) is 11.1 Å². The molecule has 0 unspecified atom stereocenters. The van der Waals surface area contributed by atoms with E-state index in [9.17, 15) is 14.4 Å². The third kappa shape index (κ3) is 5.67. The highest BCUT2D eigenvalue weighted by Gasteiger charge is 2.47. The number of halogens is 1. The van der Waals surface area contributed by atoms with Crippen LogP contribution in [0.4, 0.5) is 5.69 Å². The van der Waals surface area contributed by atoms with Crippen LogP contribution in [0.2, 0.25) is 5.02 Å². The molecule has 2 aliphatic carbocycles. The predicted molar refractivity (Wildman–Crippen MR) is 151 cm³/mol. The van der Waals surface area contributed by atoms with E-state index in [1.807, 2.05) is 37.3 Å². The van der Waals surface area contributed by atoms with Crippen LogP contribution in [0.3, 0.4) is 0 Å². The van der Waals surface area contributed by atoms with Crippen molar-refractivity contribution >= 4 is 34.8 Å². The fourth-order valence-corrected chi connectivity index (χ4v) is 6.04. The van der Waals surface area contributed by atoms with Crippen LogP contribution in [0.15, 0.2) is 65.1 Å². The lowest BCUT2D eigenvalue weighted by atomic mass is 9.65. The van der Waals surface area contributed by atoms with Crippen molar-refractivity contribution in [3.8, 4) is 5.75 Å². The zero-order valence-electron chi connectivity index (χ0n) is 23.1. The molecule has 5 rings (SSSR count). The van der Waals surface area contributed by atoms with Gasteiger partial charge in [0.2, 0.25) is 0 Å². The molecule has 1 aliphatic heterocycles. The number of hydrogen-bond acceptors (Lipinski definition) is 5. The lowest BCUT2D eigenvalue weighted by molar-refractivity contribution is -0.120. The number of aryl methyl sites for hydroxylation is 1. The Kier molecular flexibility index (Phi) is 6.96. The average Bonchev–Trinajstić information content (AvgIpc) is 2.82. The predicted octanol–water partition coefficient (Wildman–Crippen LogP) is 7.07. The number of benzene rings is 2. The SMILES string of the molecule is Cc1ccc(NC(=O)COc2ccc(C3C4=C(CC(C)(C)CC4=O)OC4=C3C(=O)CC(C)(C)C4)cc2Cl)cc1. The van der Waals surface area contributed by atoms with Crippen LogP contribution in [0.5, 0.6) is 5.75 Å². The van der Waals surface area contributed by atoms with E-state index in [-0.39, 0.29) is 34.9 Å². The minimum atomic E-state index is -0.535. The molecule has 0 saturated carbocycles. The van der Waals surface area contributed by atoms with Gasteiger partial charge < -0.3 is 14.8 Å². The smallest absolute Gasteiger partial charge is 0.262 e. The molecule has 0 aromatic heterocycles. The molecule has 0 atom stereocenters. The second-order valence-corrected chi connectivity index (χ2v) is 12.9. The largest absolute Gasteiger partial charge is 0.482 e. The summed E-state index contributed by atoms with van der Waals surface area (Å²) in [6, 6.07) is 12.7. The number of ketones is 2. The van der Waals surface area contributed by atoms with Crippen LogP contribution in [-0.4, -0.2) is 24.1 Å². The van der Waals surface area contributed by atoms with Gasteiger partial charge in [-0.2, -0.15) is 0 Å². The molecular formula is C32H34ClNO5. The zero-order chi connectivity index (χ0) is 28.1. The highest BCUT2D eigenvalue weighted by atomic mass is 35.5. The van der Waals surface area contributed by atoms with Crippen molar-refractivity contribution in [3.05, 3.63) is 81.3 Å². The summed E-state index contributed by atoms with van der Waals surface area (Å²) in [5.41, 5.74) is 3.20. The fraction of sp³-hybridized carbons (Fsp3) is 0.406. The quantitative estimate of drug-likeness (QED) is 0.433. The topological polar surface area (TPSA) is 81.7 Å². The van der Waals surface area contributed by atoms with Gasteiger partial charge in [0, 0.05) is 48.4 Å². The first-order valence-electron chi connectivity index (χ1n) is 13.3. The molecule has 3 aliphatic rings. The molecule has 2 aromatic carbocycles. The first-order valence-corrected chi connectivity index (χ1v) is 13.7. The summed E-state index contributed by atoms with van der Waals surface area (Å²) in [5.74, 6) is 0.831. The number of amides is 1. The summed E-state index contributed by atoms with van der Waals surface area (Å²) in [7, 11) is 0. The maximum atomic E-state index is 13.5. The number of rotatable bonds is 5. The van der Waals surface area contributed by atoms with Gasteiger partial charge in [0.25, 0.3) is 5.91 Å². The van der Waals surface area contributed by atoms with Gasteiger partial charge in [-0.15, -0.1) is 0 Å². The van der Waals surface area contributed by atoms with Gasteiger partial charge in [-0.3, -0.25) is 14.4 Å². The van der Waals surface area contributed by atoms with Crippen molar-refractivity contribution in [1.82, 2.24) is 0 Å². The summed E-state index contributed by atoms with van der Waals surface area (Å²) in [4.78, 5) is 39.3. The number of carbonyl (C=O) groups is 3. The van der Waals surface area contributed by atoms with Crippen molar-refractivity contribution in [2.45, 2.75) is 66.2 Å². The molecular weight excluding hydrogens is 514 g/mol. The van der Waals surface area contributed by atoms with Crippen LogP contribution >= 0.6 is 11.6 Å². The lowest BCUT2D eigenvalue weighted by Gasteiger charge is -2.42. The highest BCUT2D eigenvalue weighted by Crippen LogP contribution is 2.53.